The lowest BCUT2D eigenvalue weighted by atomic mass is 10.2. The number of anilines is 1. The number of thiophene rings is 1. The number of hydrogen-bond donors (Lipinski definition) is 1. The summed E-state index contributed by atoms with van der Waals surface area (Å²) in [6.07, 6.45) is 0.294. The Morgan fingerprint density at radius 2 is 2.33 bits per heavy atom. The number of morpholine rings is 1. The Morgan fingerprint density at radius 3 is 3.17 bits per heavy atom. The van der Waals surface area contributed by atoms with Gasteiger partial charge in [-0.1, -0.05) is 18.2 Å². The molecule has 4 heteroatoms. The van der Waals surface area contributed by atoms with Crippen LogP contribution in [0.1, 0.15) is 0 Å². The molecule has 0 amide bonds. The second-order valence-corrected chi connectivity index (χ2v) is 5.61. The topological polar surface area (TPSA) is 24.5 Å². The number of nitrogens with one attached hydrogen (secondary N) is 1. The minimum Gasteiger partial charge on any atom is -0.374 e. The van der Waals surface area contributed by atoms with E-state index in [0.717, 1.165) is 26.2 Å². The van der Waals surface area contributed by atoms with Crippen LogP contribution in [0.3, 0.4) is 0 Å². The van der Waals surface area contributed by atoms with Crippen LogP contribution in [-0.2, 0) is 4.74 Å². The van der Waals surface area contributed by atoms with Crippen molar-refractivity contribution in [2.45, 2.75) is 6.10 Å². The smallest absolute Gasteiger partial charge is 0.0874 e. The van der Waals surface area contributed by atoms with Crippen molar-refractivity contribution in [1.29, 1.82) is 0 Å². The largest absolute Gasteiger partial charge is 0.374 e. The highest BCUT2D eigenvalue weighted by Gasteiger charge is 2.17. The van der Waals surface area contributed by atoms with Crippen molar-refractivity contribution in [1.82, 2.24) is 5.32 Å². The molecule has 3 nitrogen and oxygen atoms in total. The summed E-state index contributed by atoms with van der Waals surface area (Å²) in [4.78, 5) is 2.30. The number of nitrogens with zero attached hydrogens (tertiary/aromatic N) is 1. The van der Waals surface area contributed by atoms with Crippen molar-refractivity contribution < 1.29 is 4.74 Å². The zero-order chi connectivity index (χ0) is 12.4. The number of fused-ring (bicyclic) bond motifs is 1. The average molecular weight is 262 g/mol. The second-order valence-electron chi connectivity index (χ2n) is 4.69. The summed E-state index contributed by atoms with van der Waals surface area (Å²) in [5.74, 6) is 0. The minimum absolute atomic E-state index is 0.294. The lowest BCUT2D eigenvalue weighted by Gasteiger charge is -2.28. The predicted octanol–water partition coefficient (Wildman–Crippen LogP) is 2.33. The third kappa shape index (κ3) is 2.36. The molecule has 1 aromatic heterocycles. The van der Waals surface area contributed by atoms with Crippen molar-refractivity contribution in [3.63, 3.8) is 0 Å². The molecule has 2 aromatic rings. The molecule has 1 aliphatic rings. The Morgan fingerprint density at radius 1 is 1.44 bits per heavy atom. The third-order valence-electron chi connectivity index (χ3n) is 3.35. The van der Waals surface area contributed by atoms with Gasteiger partial charge >= 0.3 is 0 Å². The summed E-state index contributed by atoms with van der Waals surface area (Å²) in [6, 6.07) is 8.56. The highest BCUT2D eigenvalue weighted by molar-refractivity contribution is 7.17. The highest BCUT2D eigenvalue weighted by atomic mass is 32.1. The number of hydrogen-bond acceptors (Lipinski definition) is 4. The van der Waals surface area contributed by atoms with E-state index < -0.39 is 0 Å². The van der Waals surface area contributed by atoms with Gasteiger partial charge in [0.2, 0.25) is 0 Å². The Kier molecular flexibility index (Phi) is 3.50. The molecule has 1 atom stereocenters. The number of benzene rings is 1. The van der Waals surface area contributed by atoms with Gasteiger partial charge in [-0.15, -0.1) is 11.3 Å². The fourth-order valence-electron chi connectivity index (χ4n) is 2.40. The van der Waals surface area contributed by atoms with E-state index in [4.69, 9.17) is 4.74 Å². The van der Waals surface area contributed by atoms with Crippen molar-refractivity contribution in [2.24, 2.45) is 0 Å². The summed E-state index contributed by atoms with van der Waals surface area (Å²) in [7, 11) is 2.15. The van der Waals surface area contributed by atoms with Gasteiger partial charge in [0.1, 0.15) is 0 Å². The van der Waals surface area contributed by atoms with Crippen LogP contribution >= 0.6 is 11.3 Å². The van der Waals surface area contributed by atoms with Crippen molar-refractivity contribution in [3.05, 3.63) is 29.6 Å². The van der Waals surface area contributed by atoms with Crippen LogP contribution in [0.25, 0.3) is 10.1 Å². The number of ether oxygens (including phenoxy) is 1. The van der Waals surface area contributed by atoms with Crippen LogP contribution < -0.4 is 10.2 Å². The van der Waals surface area contributed by atoms with Gasteiger partial charge in [0.05, 0.1) is 18.4 Å². The summed E-state index contributed by atoms with van der Waals surface area (Å²) < 4.78 is 7.11. The van der Waals surface area contributed by atoms with E-state index in [0.29, 0.717) is 6.10 Å². The molecule has 0 saturated carbocycles. The minimum atomic E-state index is 0.294. The van der Waals surface area contributed by atoms with E-state index in [1.807, 2.05) is 0 Å². The molecule has 1 fully saturated rings. The highest BCUT2D eigenvalue weighted by Crippen LogP contribution is 2.32. The summed E-state index contributed by atoms with van der Waals surface area (Å²) >= 11 is 1.81. The first-order chi connectivity index (χ1) is 8.84. The van der Waals surface area contributed by atoms with E-state index in [9.17, 15) is 0 Å². The molecule has 0 spiro atoms. The molecular weight excluding hydrogens is 244 g/mol. The summed E-state index contributed by atoms with van der Waals surface area (Å²) in [5.41, 5.74) is 1.31. The quantitative estimate of drug-likeness (QED) is 0.919. The molecule has 0 radical (unpaired) electrons. The molecule has 18 heavy (non-hydrogen) atoms. The lowest BCUT2D eigenvalue weighted by molar-refractivity contribution is 0.0340. The van der Waals surface area contributed by atoms with Crippen LogP contribution in [0.15, 0.2) is 29.6 Å². The standard InChI is InChI=1S/C14H18N2OS/c1-16(9-11-8-15-6-7-17-11)13-10-18-14-5-3-2-4-12(13)14/h2-5,10-11,15H,6-9H2,1H3. The van der Waals surface area contributed by atoms with Gasteiger partial charge < -0.3 is 15.0 Å². The van der Waals surface area contributed by atoms with Gasteiger partial charge in [-0.3, -0.25) is 0 Å². The van der Waals surface area contributed by atoms with Gasteiger partial charge in [0.15, 0.2) is 0 Å². The number of rotatable bonds is 3. The van der Waals surface area contributed by atoms with E-state index in [1.165, 1.54) is 15.8 Å². The first kappa shape index (κ1) is 12.0. The Balaban J connectivity index is 1.76. The second kappa shape index (κ2) is 5.26. The van der Waals surface area contributed by atoms with Gasteiger partial charge in [-0.2, -0.15) is 0 Å². The van der Waals surface area contributed by atoms with Crippen LogP contribution in [0.4, 0.5) is 5.69 Å². The van der Waals surface area contributed by atoms with Gasteiger partial charge in [-0.05, 0) is 6.07 Å². The summed E-state index contributed by atoms with van der Waals surface area (Å²) in [6.45, 7) is 3.69. The molecule has 1 unspecified atom stereocenters. The maximum atomic E-state index is 5.76. The van der Waals surface area contributed by atoms with Crippen molar-refractivity contribution in [3.8, 4) is 0 Å². The van der Waals surface area contributed by atoms with Crippen molar-refractivity contribution >= 4 is 27.1 Å². The van der Waals surface area contributed by atoms with Gasteiger partial charge in [0.25, 0.3) is 0 Å². The monoisotopic (exact) mass is 262 g/mol. The molecule has 0 bridgehead atoms. The normalized spacial score (nSPS) is 20.2. The SMILES string of the molecule is CN(CC1CNCCO1)c1csc2ccccc12. The number of likely N-dealkylation sites (N-methyl/N-ethyl adjacent to an activating group) is 1. The molecule has 3 rings (SSSR count). The van der Waals surface area contributed by atoms with E-state index in [1.54, 1.807) is 11.3 Å². The van der Waals surface area contributed by atoms with Crippen LogP contribution in [0, 0.1) is 0 Å². The van der Waals surface area contributed by atoms with E-state index in [-0.39, 0.29) is 0 Å². The molecule has 1 aliphatic heterocycles. The van der Waals surface area contributed by atoms with Crippen LogP contribution in [0.2, 0.25) is 0 Å². The molecule has 1 aromatic carbocycles. The summed E-state index contributed by atoms with van der Waals surface area (Å²) in [5, 5.41) is 6.95. The van der Waals surface area contributed by atoms with Gasteiger partial charge in [-0.25, -0.2) is 0 Å². The molecule has 1 saturated heterocycles. The molecule has 96 valence electrons. The Hall–Kier alpha value is -1.10. The van der Waals surface area contributed by atoms with E-state index >= 15 is 0 Å². The molecule has 1 N–H and O–H groups in total. The van der Waals surface area contributed by atoms with Crippen LogP contribution in [0.5, 0.6) is 0 Å². The first-order valence-corrected chi connectivity index (χ1v) is 7.22. The van der Waals surface area contributed by atoms with Gasteiger partial charge in [0, 0.05) is 42.1 Å². The predicted molar refractivity (Wildman–Crippen MR) is 77.7 cm³/mol. The maximum absolute atomic E-state index is 5.76. The Bertz CT molecular complexity index is 519. The first-order valence-electron chi connectivity index (χ1n) is 6.34. The fraction of sp³-hybridized carbons (Fsp3) is 0.429. The average Bonchev–Trinajstić information content (AvgIpc) is 2.84. The molecule has 2 heterocycles. The lowest BCUT2D eigenvalue weighted by Crippen LogP contribution is -2.44. The zero-order valence-electron chi connectivity index (χ0n) is 10.6. The van der Waals surface area contributed by atoms with Crippen LogP contribution in [-0.4, -0.2) is 39.4 Å². The fourth-order valence-corrected chi connectivity index (χ4v) is 3.40. The maximum Gasteiger partial charge on any atom is 0.0874 e. The third-order valence-corrected chi connectivity index (χ3v) is 4.30. The molecular formula is C14H18N2OS. The van der Waals surface area contributed by atoms with E-state index in [2.05, 4.69) is 46.9 Å². The van der Waals surface area contributed by atoms with Crippen molar-refractivity contribution in [2.75, 3.05) is 38.2 Å². The molecule has 0 aliphatic carbocycles. The Labute approximate surface area is 111 Å². The zero-order valence-corrected chi connectivity index (χ0v) is 11.4.